The summed E-state index contributed by atoms with van der Waals surface area (Å²) in [5.74, 6) is -14.8. The van der Waals surface area contributed by atoms with Crippen molar-refractivity contribution in [3.63, 3.8) is 0 Å². The number of carbonyl (C=O) groups is 14. The van der Waals surface area contributed by atoms with Crippen molar-refractivity contribution in [1.82, 2.24) is 61.3 Å². The Bertz CT molecular complexity index is 4900. The lowest BCUT2D eigenvalue weighted by molar-refractivity contribution is -0.163. The number of nitrogens with one attached hydrogen (secondary N) is 8. The fourth-order valence-corrected chi connectivity index (χ4v) is 18.4. The number of anilines is 2. The third-order valence-electron chi connectivity index (χ3n) is 23.1. The number of halogens is 5. The standard InChI is InChI=1S/C41H52F2N7O12P.C40H49ClF2N7O12P/c1-21-8-10-28(11-9-21)45-41(57)46-30(16-25-14-26(42)17-27(43)15-25)35(51)47-34-24(4)61-40(56)33-13-22(2)19-49(33)37(53)23(3)44-36(52)31-7-5-6-12-48(31)38(54)32-18-29(62-63(58,59)60)20-50(32)39(34)55;1-20-12-32-39(56)61-22(3)33(47-34(51)29(15-23-13-24(42)16-25(43)14-23)46-40(57)45-28-9-5-4-8-27(28)41)38(55)50-19-26(62-63(58,59)60)17-31(50)37(54)48-11-7-6-10-30(48)35(52)44-21(2)36(53)49(32)18-20/h8-11,14-15,17,22-24,29-34H,5-7,12-13,16,18-20H2,1-4H3,(H,44,52)(H,47,51)(H2,45,46,57)(H2,58,59,60);4-5,8-9,13-14,16,20-22,26,29-33H,6-7,10-12,15,17-19H2,1-3H3,(H,44,52)(H,47,51)(H2,45,46,57)(H2,58,59,60)/t22-,23+,24+,29-,30+,31+,32+,33+,34+;20-,21+,22+,26-,29+,30+,31+,32+,33+/m11/s1. The zero-order valence-corrected chi connectivity index (χ0v) is 72.2. The molecule has 8 aliphatic rings. The van der Waals surface area contributed by atoms with Gasteiger partial charge in [0.1, 0.15) is 108 Å². The number of hydrogen-bond donors (Lipinski definition) is 12. The highest BCUT2D eigenvalue weighted by Gasteiger charge is 2.54. The Labute approximate surface area is 725 Å². The topological polar surface area (TPSA) is 507 Å². The fourth-order valence-electron chi connectivity index (χ4n) is 17.1. The maximum Gasteiger partial charge on any atom is 0.469 e. The van der Waals surface area contributed by atoms with Gasteiger partial charge in [-0.15, -0.1) is 0 Å². The van der Waals surface area contributed by atoms with E-state index in [-0.39, 0.29) is 85.5 Å². The van der Waals surface area contributed by atoms with Gasteiger partial charge >= 0.3 is 39.6 Å². The minimum atomic E-state index is -5.21. The summed E-state index contributed by atoms with van der Waals surface area (Å²) in [6.07, 6.45) is -5.39. The van der Waals surface area contributed by atoms with Gasteiger partial charge in [-0.2, -0.15) is 0 Å². The Morgan fingerprint density at radius 3 is 1.25 bits per heavy atom. The molecule has 0 spiro atoms. The van der Waals surface area contributed by atoms with E-state index >= 15 is 0 Å². The number of rotatable bonds is 16. The summed E-state index contributed by atoms with van der Waals surface area (Å²) in [4.78, 5) is 244. The van der Waals surface area contributed by atoms with E-state index in [0.29, 0.717) is 43.5 Å². The highest BCUT2D eigenvalue weighted by molar-refractivity contribution is 7.46. The number of amides is 14. The number of aryl methyl sites for hydroxylation is 1. The number of esters is 2. The van der Waals surface area contributed by atoms with Crippen LogP contribution in [0.5, 0.6) is 0 Å². The molecule has 8 fully saturated rings. The molecule has 0 radical (unpaired) electrons. The second kappa shape index (κ2) is 40.9. The minimum absolute atomic E-state index is 0.0476. The van der Waals surface area contributed by atoms with Gasteiger partial charge in [0.05, 0.1) is 22.9 Å². The number of ether oxygens (including phenoxy) is 2. The predicted molar refractivity (Wildman–Crippen MR) is 436 cm³/mol. The summed E-state index contributed by atoms with van der Waals surface area (Å²) in [5, 5.41) is 20.4. The van der Waals surface area contributed by atoms with Crippen LogP contribution < -0.4 is 42.5 Å². The van der Waals surface area contributed by atoms with E-state index in [9.17, 15) is 113 Å². The first-order valence-corrected chi connectivity index (χ1v) is 44.6. The van der Waals surface area contributed by atoms with Crippen LogP contribution in [-0.4, -0.2) is 268 Å². The molecule has 0 bridgehead atoms. The van der Waals surface area contributed by atoms with Gasteiger partial charge in [0.25, 0.3) is 0 Å². The Balaban J connectivity index is 0.000000245. The van der Waals surface area contributed by atoms with Crippen molar-refractivity contribution in [3.8, 4) is 0 Å². The Morgan fingerprint density at radius 2 is 0.865 bits per heavy atom. The number of hydrogen-bond acceptors (Lipinski definition) is 20. The van der Waals surface area contributed by atoms with Crippen LogP contribution in [0.2, 0.25) is 5.02 Å². The molecule has 45 heteroatoms. The second-order valence-electron chi connectivity index (χ2n) is 33.0. The number of para-hydroxylation sites is 1. The maximum atomic E-state index is 14.9. The largest absolute Gasteiger partial charge is 0.469 e. The van der Waals surface area contributed by atoms with E-state index in [1.165, 1.54) is 59.4 Å². The first-order valence-electron chi connectivity index (χ1n) is 41.2. The molecule has 0 aliphatic carbocycles. The maximum absolute atomic E-state index is 14.9. The Morgan fingerprint density at radius 1 is 0.484 bits per heavy atom. The van der Waals surface area contributed by atoms with Crippen LogP contribution in [0.15, 0.2) is 84.9 Å². The molecular weight excluding hydrogens is 1730 g/mol. The van der Waals surface area contributed by atoms with E-state index in [1.807, 2.05) is 6.92 Å². The average molecular weight is 1830 g/mol. The first kappa shape index (κ1) is 95.9. The second-order valence-corrected chi connectivity index (χ2v) is 35.8. The highest BCUT2D eigenvalue weighted by Crippen LogP contribution is 2.43. The third kappa shape index (κ3) is 24.3. The van der Waals surface area contributed by atoms with Gasteiger partial charge in [-0.3, -0.25) is 57.0 Å². The molecule has 0 aromatic heterocycles. The highest BCUT2D eigenvalue weighted by atomic mass is 35.5. The molecule has 12 N–H and O–H groups in total. The summed E-state index contributed by atoms with van der Waals surface area (Å²) in [6, 6.07) is -1.35. The number of carbonyl (C=O) groups excluding carboxylic acids is 14. The van der Waals surface area contributed by atoms with Crippen molar-refractivity contribution in [2.24, 2.45) is 11.8 Å². The molecule has 12 rings (SSSR count). The van der Waals surface area contributed by atoms with Crippen LogP contribution >= 0.6 is 27.2 Å². The van der Waals surface area contributed by atoms with E-state index in [4.69, 9.17) is 30.1 Å². The van der Waals surface area contributed by atoms with Crippen molar-refractivity contribution >= 4 is 122 Å². The van der Waals surface area contributed by atoms with Crippen LogP contribution in [0, 0.1) is 42.0 Å². The van der Waals surface area contributed by atoms with E-state index in [1.54, 1.807) is 50.2 Å². The number of benzene rings is 4. The normalized spacial score (nSPS) is 27.7. The molecule has 0 saturated carbocycles. The van der Waals surface area contributed by atoms with Crippen LogP contribution in [-0.2, 0) is 98.0 Å². The smallest absolute Gasteiger partial charge is 0.458 e. The monoisotopic (exact) mass is 1830 g/mol. The predicted octanol–water partition coefficient (Wildman–Crippen LogP) is 3.62. The summed E-state index contributed by atoms with van der Waals surface area (Å²) < 4.78 is 103. The van der Waals surface area contributed by atoms with Crippen LogP contribution in [0.3, 0.4) is 0 Å². The third-order valence-corrected chi connectivity index (χ3v) is 24.5. The average Bonchev–Trinajstić information content (AvgIpc) is 1.60. The van der Waals surface area contributed by atoms with Gasteiger partial charge in [0.2, 0.25) is 59.1 Å². The molecule has 18 atom stereocenters. The number of cyclic esters (lactones) is 2. The molecule has 8 heterocycles. The lowest BCUT2D eigenvalue weighted by atomic mass is 9.98. The van der Waals surface area contributed by atoms with E-state index < -0.39 is 258 Å². The molecule has 684 valence electrons. The fraction of sp³-hybridized carbons (Fsp3) is 0.531. The Hall–Kier alpha value is -10.7. The summed E-state index contributed by atoms with van der Waals surface area (Å²) in [7, 11) is -10.4. The van der Waals surface area contributed by atoms with Gasteiger partial charge < -0.3 is 101 Å². The quantitative estimate of drug-likeness (QED) is 0.0433. The molecule has 0 unspecified atom stereocenters. The van der Waals surface area contributed by atoms with Crippen molar-refractivity contribution < 1.29 is 132 Å². The number of phosphoric acid groups is 2. The molecule has 8 aliphatic heterocycles. The first-order chi connectivity index (χ1) is 59.3. The number of phosphoric ester groups is 2. The zero-order chi connectivity index (χ0) is 91.8. The van der Waals surface area contributed by atoms with E-state index in [0.717, 1.165) is 39.6 Å². The molecule has 4 aromatic carbocycles. The van der Waals surface area contributed by atoms with Crippen LogP contribution in [0.1, 0.15) is 122 Å². The van der Waals surface area contributed by atoms with Crippen LogP contribution in [0.25, 0.3) is 0 Å². The lowest BCUT2D eigenvalue weighted by Crippen LogP contribution is -2.63. The zero-order valence-electron chi connectivity index (χ0n) is 69.6. The van der Waals surface area contributed by atoms with Crippen molar-refractivity contribution in [1.29, 1.82) is 0 Å². The van der Waals surface area contributed by atoms with Gasteiger partial charge in [-0.1, -0.05) is 55.3 Å². The molecule has 126 heavy (non-hydrogen) atoms. The molecule has 8 saturated heterocycles. The van der Waals surface area contributed by atoms with Gasteiger partial charge in [0.15, 0.2) is 0 Å². The Kier molecular flexibility index (Phi) is 31.2. The van der Waals surface area contributed by atoms with E-state index in [2.05, 4.69) is 42.5 Å². The molecular formula is C81H101ClF4N14O24P2. The number of piperidine rings is 2. The SMILES string of the molecule is C[C@@H]1C[C@H]2C(=O)O[C@@H](C)[C@H](NC(=O)[C@H](Cc3cc(F)cc(F)c3)NC(=O)Nc3ccccc3Cl)C(=O)N3C[C@H](OP(=O)(O)O)C[C@H]3C(=O)N3CCCC[C@H]3C(=O)N[C@@H](C)C(=O)N2C1.Cc1ccc(NC(=O)N[C@@H](Cc2cc(F)cc(F)c2)C(=O)N[C@@H]2C(=O)N3C[C@H](OP(=O)(O)O)C[C@H]3C(=O)N3CCCC[C@H]3C(=O)N[C@@H](C)C(=O)N3C[C@H](C)C[C@H]3C(=O)O[C@H]2C)cc1. The van der Waals surface area contributed by atoms with Crippen molar-refractivity contribution in [3.05, 3.63) is 130 Å². The summed E-state index contributed by atoms with van der Waals surface area (Å²) in [6.45, 7) is 9.96. The number of nitrogens with zero attached hydrogens (tertiary/aromatic N) is 6. The number of fused-ring (bicyclic) bond motifs is 6. The minimum Gasteiger partial charge on any atom is -0.458 e. The molecule has 4 aromatic rings. The number of urea groups is 2. The lowest BCUT2D eigenvalue weighted by Gasteiger charge is -2.39. The van der Waals surface area contributed by atoms with Crippen LogP contribution in [0.4, 0.5) is 38.5 Å². The summed E-state index contributed by atoms with van der Waals surface area (Å²) in [5.41, 5.74) is 1.19. The molecule has 14 amide bonds. The summed E-state index contributed by atoms with van der Waals surface area (Å²) >= 11 is 6.21. The van der Waals surface area contributed by atoms with Crippen molar-refractivity contribution in [2.75, 3.05) is 49.9 Å². The van der Waals surface area contributed by atoms with Gasteiger partial charge in [-0.05, 0) is 157 Å². The van der Waals surface area contributed by atoms with Crippen molar-refractivity contribution in [2.45, 2.75) is 222 Å². The van der Waals surface area contributed by atoms with Gasteiger partial charge in [0, 0.05) is 82.8 Å². The van der Waals surface area contributed by atoms with Gasteiger partial charge in [-0.25, -0.2) is 45.9 Å². The molecule has 38 nitrogen and oxygen atoms in total.